The van der Waals surface area contributed by atoms with Crippen LogP contribution >= 0.6 is 0 Å². The largest absolute Gasteiger partial charge is 0.359 e. The van der Waals surface area contributed by atoms with Crippen LogP contribution in [0.1, 0.15) is 72.6 Å². The second-order valence-electron chi connectivity index (χ2n) is 6.46. The molecular weight excluding hydrogens is 246 g/mol. The highest BCUT2D eigenvalue weighted by Crippen LogP contribution is 2.25. The van der Waals surface area contributed by atoms with E-state index in [0.29, 0.717) is 5.92 Å². The molecule has 0 aliphatic carbocycles. The number of nitrogens with one attached hydrogen (secondary N) is 1. The Morgan fingerprint density at radius 3 is 2.20 bits per heavy atom. The van der Waals surface area contributed by atoms with Crippen LogP contribution in [0.5, 0.6) is 0 Å². The van der Waals surface area contributed by atoms with Crippen molar-refractivity contribution in [1.29, 1.82) is 0 Å². The molecule has 0 spiro atoms. The van der Waals surface area contributed by atoms with Gasteiger partial charge in [-0.1, -0.05) is 65.5 Å². The monoisotopic (exact) mass is 281 g/mol. The minimum absolute atomic E-state index is 0.148. The molecule has 0 heterocycles. The number of allylic oxidation sites excluding steroid dienone is 1. The van der Waals surface area contributed by atoms with Gasteiger partial charge >= 0.3 is 0 Å². The summed E-state index contributed by atoms with van der Waals surface area (Å²) in [6, 6.07) is 0. The van der Waals surface area contributed by atoms with E-state index in [-0.39, 0.29) is 11.8 Å². The first-order valence-corrected chi connectivity index (χ1v) is 8.31. The maximum Gasteiger partial charge on any atom is 0.222 e. The van der Waals surface area contributed by atoms with Gasteiger partial charge in [0.2, 0.25) is 5.91 Å². The Labute approximate surface area is 126 Å². The van der Waals surface area contributed by atoms with E-state index >= 15 is 0 Å². The van der Waals surface area contributed by atoms with Crippen molar-refractivity contribution < 1.29 is 4.79 Å². The fourth-order valence-electron chi connectivity index (χ4n) is 2.71. The lowest BCUT2D eigenvalue weighted by Gasteiger charge is -2.18. The molecule has 20 heavy (non-hydrogen) atoms. The number of carbonyl (C=O) groups excluding carboxylic acids is 1. The number of rotatable bonds is 11. The quantitative estimate of drug-likeness (QED) is 0.421. The summed E-state index contributed by atoms with van der Waals surface area (Å²) in [7, 11) is 1.71. The zero-order valence-corrected chi connectivity index (χ0v) is 14.3. The van der Waals surface area contributed by atoms with Crippen LogP contribution in [0.2, 0.25) is 0 Å². The third-order valence-electron chi connectivity index (χ3n) is 4.31. The van der Waals surface area contributed by atoms with Gasteiger partial charge in [-0.3, -0.25) is 4.79 Å². The van der Waals surface area contributed by atoms with Crippen LogP contribution in [-0.4, -0.2) is 13.0 Å². The van der Waals surface area contributed by atoms with E-state index in [4.69, 9.17) is 0 Å². The molecule has 0 saturated heterocycles. The fraction of sp³-hybridized carbons (Fsp3) is 0.833. The van der Waals surface area contributed by atoms with E-state index in [0.717, 1.165) is 25.2 Å². The van der Waals surface area contributed by atoms with Crippen LogP contribution in [0.3, 0.4) is 0 Å². The van der Waals surface area contributed by atoms with Gasteiger partial charge in [0, 0.05) is 13.0 Å². The van der Waals surface area contributed by atoms with Crippen LogP contribution in [0.15, 0.2) is 12.2 Å². The van der Waals surface area contributed by atoms with Crippen molar-refractivity contribution in [1.82, 2.24) is 5.32 Å². The molecule has 1 N–H and O–H groups in total. The van der Waals surface area contributed by atoms with Gasteiger partial charge in [-0.25, -0.2) is 0 Å². The molecule has 3 unspecified atom stereocenters. The zero-order chi connectivity index (χ0) is 15.5. The van der Waals surface area contributed by atoms with Gasteiger partial charge in [-0.05, 0) is 31.1 Å². The Bertz CT molecular complexity index is 285. The molecule has 0 aliphatic heterocycles. The third-order valence-corrected chi connectivity index (χ3v) is 4.31. The van der Waals surface area contributed by atoms with Crippen molar-refractivity contribution in [2.24, 2.45) is 17.8 Å². The lowest BCUT2D eigenvalue weighted by molar-refractivity contribution is -0.124. The summed E-state index contributed by atoms with van der Waals surface area (Å²) in [5.41, 5.74) is 1.41. The summed E-state index contributed by atoms with van der Waals surface area (Å²) in [5.74, 6) is 1.70. The summed E-state index contributed by atoms with van der Waals surface area (Å²) in [6.45, 7) is 13.1. The number of hydrogen-bond acceptors (Lipinski definition) is 1. The van der Waals surface area contributed by atoms with Crippen molar-refractivity contribution in [2.45, 2.75) is 72.6 Å². The Morgan fingerprint density at radius 2 is 1.65 bits per heavy atom. The summed E-state index contributed by atoms with van der Waals surface area (Å²) in [4.78, 5) is 11.4. The van der Waals surface area contributed by atoms with Crippen LogP contribution < -0.4 is 5.32 Å². The Kier molecular flexibility index (Phi) is 10.5. The first-order chi connectivity index (χ1) is 9.42. The van der Waals surface area contributed by atoms with E-state index in [2.05, 4.69) is 32.7 Å². The van der Waals surface area contributed by atoms with E-state index in [9.17, 15) is 4.79 Å². The molecule has 0 bridgehead atoms. The van der Waals surface area contributed by atoms with Gasteiger partial charge in [-0.2, -0.15) is 0 Å². The maximum absolute atomic E-state index is 11.4. The molecule has 0 aromatic carbocycles. The highest BCUT2D eigenvalue weighted by atomic mass is 16.1. The molecule has 2 heteroatoms. The molecule has 0 radical (unpaired) electrons. The van der Waals surface area contributed by atoms with Crippen molar-refractivity contribution in [3.05, 3.63) is 12.2 Å². The SMILES string of the molecule is C=C(CC(C)CCCCC(C)C(=O)NC)C(C)CCC. The van der Waals surface area contributed by atoms with E-state index in [1.807, 2.05) is 6.92 Å². The highest BCUT2D eigenvalue weighted by molar-refractivity contribution is 5.77. The third kappa shape index (κ3) is 8.39. The highest BCUT2D eigenvalue weighted by Gasteiger charge is 2.12. The molecular formula is C18H35NO. The van der Waals surface area contributed by atoms with Gasteiger partial charge in [0.1, 0.15) is 0 Å². The average Bonchev–Trinajstić information content (AvgIpc) is 2.42. The fourth-order valence-corrected chi connectivity index (χ4v) is 2.71. The zero-order valence-electron chi connectivity index (χ0n) is 14.3. The summed E-state index contributed by atoms with van der Waals surface area (Å²) in [5, 5.41) is 2.71. The number of amides is 1. The topological polar surface area (TPSA) is 29.1 Å². The van der Waals surface area contributed by atoms with Gasteiger partial charge in [0.15, 0.2) is 0 Å². The predicted octanol–water partition coefficient (Wildman–Crippen LogP) is 4.95. The standard InChI is InChI=1S/C18H35NO/c1-7-10-15(3)17(5)13-14(2)11-8-9-12-16(4)18(20)19-6/h14-16H,5,7-13H2,1-4,6H3,(H,19,20). The molecule has 0 aliphatic rings. The second kappa shape index (κ2) is 10.9. The van der Waals surface area contributed by atoms with Gasteiger partial charge in [-0.15, -0.1) is 0 Å². The van der Waals surface area contributed by atoms with Crippen LogP contribution in [0, 0.1) is 17.8 Å². The summed E-state index contributed by atoms with van der Waals surface area (Å²) < 4.78 is 0. The molecule has 1 amide bonds. The lowest BCUT2D eigenvalue weighted by atomic mass is 9.88. The van der Waals surface area contributed by atoms with Gasteiger partial charge in [0.05, 0.1) is 0 Å². The van der Waals surface area contributed by atoms with E-state index < -0.39 is 0 Å². The molecule has 3 atom stereocenters. The van der Waals surface area contributed by atoms with Crippen molar-refractivity contribution >= 4 is 5.91 Å². The number of carbonyl (C=O) groups is 1. The molecule has 0 aromatic heterocycles. The minimum Gasteiger partial charge on any atom is -0.359 e. The lowest BCUT2D eigenvalue weighted by Crippen LogP contribution is -2.25. The predicted molar refractivity (Wildman–Crippen MR) is 88.7 cm³/mol. The molecule has 118 valence electrons. The molecule has 0 aromatic rings. The van der Waals surface area contributed by atoms with Crippen LogP contribution in [0.4, 0.5) is 0 Å². The maximum atomic E-state index is 11.4. The smallest absolute Gasteiger partial charge is 0.222 e. The number of unbranched alkanes of at least 4 members (excludes halogenated alkanes) is 1. The molecule has 2 nitrogen and oxygen atoms in total. The normalized spacial score (nSPS) is 15.4. The van der Waals surface area contributed by atoms with Gasteiger partial charge in [0.25, 0.3) is 0 Å². The first kappa shape index (κ1) is 19.2. The van der Waals surface area contributed by atoms with Crippen molar-refractivity contribution in [3.8, 4) is 0 Å². The summed E-state index contributed by atoms with van der Waals surface area (Å²) in [6.07, 6.45) is 8.28. The number of hydrogen-bond donors (Lipinski definition) is 1. The van der Waals surface area contributed by atoms with Crippen molar-refractivity contribution in [2.75, 3.05) is 7.05 Å². The Morgan fingerprint density at radius 1 is 1.05 bits per heavy atom. The van der Waals surface area contributed by atoms with E-state index in [1.165, 1.54) is 31.3 Å². The minimum atomic E-state index is 0.148. The van der Waals surface area contributed by atoms with Crippen molar-refractivity contribution in [3.63, 3.8) is 0 Å². The Hall–Kier alpha value is -0.790. The van der Waals surface area contributed by atoms with Crippen LogP contribution in [-0.2, 0) is 4.79 Å². The van der Waals surface area contributed by atoms with Crippen LogP contribution in [0.25, 0.3) is 0 Å². The second-order valence-corrected chi connectivity index (χ2v) is 6.46. The Balaban J connectivity index is 3.75. The molecule has 0 saturated carbocycles. The van der Waals surface area contributed by atoms with Gasteiger partial charge < -0.3 is 5.32 Å². The first-order valence-electron chi connectivity index (χ1n) is 8.31. The molecule has 0 rings (SSSR count). The molecule has 0 fully saturated rings. The summed E-state index contributed by atoms with van der Waals surface area (Å²) >= 11 is 0. The average molecular weight is 281 g/mol. The van der Waals surface area contributed by atoms with E-state index in [1.54, 1.807) is 7.05 Å².